The molecule has 0 saturated heterocycles. The van der Waals surface area contributed by atoms with Crippen molar-refractivity contribution < 1.29 is 9.53 Å². The zero-order valence-electron chi connectivity index (χ0n) is 19.2. The molecule has 4 nitrogen and oxygen atoms in total. The first-order valence-electron chi connectivity index (χ1n) is 11.0. The molecule has 4 rings (SSSR count). The summed E-state index contributed by atoms with van der Waals surface area (Å²) in [6, 6.07) is 16.1. The fraction of sp³-hybridized carbons (Fsp3) is 0.286. The van der Waals surface area contributed by atoms with Gasteiger partial charge in [0.1, 0.15) is 5.75 Å². The molecule has 4 heteroatoms. The number of amides is 1. The van der Waals surface area contributed by atoms with Crippen LogP contribution in [0.15, 0.2) is 78.1 Å². The largest absolute Gasteiger partial charge is 0.497 e. The van der Waals surface area contributed by atoms with Gasteiger partial charge in [-0.05, 0) is 71.5 Å². The number of methoxy groups -OCH3 is 1. The van der Waals surface area contributed by atoms with E-state index in [9.17, 15) is 4.79 Å². The Morgan fingerprint density at radius 3 is 2.72 bits per heavy atom. The summed E-state index contributed by atoms with van der Waals surface area (Å²) >= 11 is 0. The van der Waals surface area contributed by atoms with Gasteiger partial charge in [0.2, 0.25) is 5.91 Å². The van der Waals surface area contributed by atoms with E-state index >= 15 is 0 Å². The third-order valence-corrected chi connectivity index (χ3v) is 6.76. The van der Waals surface area contributed by atoms with Crippen molar-refractivity contribution in [3.8, 4) is 5.75 Å². The first kappa shape index (κ1) is 21.8. The number of pyridine rings is 1. The Morgan fingerprint density at radius 2 is 1.97 bits per heavy atom. The quantitative estimate of drug-likeness (QED) is 0.506. The Labute approximate surface area is 189 Å². The van der Waals surface area contributed by atoms with Gasteiger partial charge in [0.25, 0.3) is 0 Å². The number of carbonyl (C=O) groups is 1. The van der Waals surface area contributed by atoms with Crippen LogP contribution in [0.5, 0.6) is 5.75 Å². The molecule has 32 heavy (non-hydrogen) atoms. The van der Waals surface area contributed by atoms with Crippen LogP contribution in [0.4, 0.5) is 0 Å². The maximum Gasteiger partial charge on any atom is 0.249 e. The first-order valence-corrected chi connectivity index (χ1v) is 11.0. The number of benzene rings is 2. The molecule has 0 fully saturated rings. The highest BCUT2D eigenvalue weighted by molar-refractivity contribution is 6.22. The summed E-state index contributed by atoms with van der Waals surface area (Å²) in [6.07, 6.45) is 7.65. The fourth-order valence-electron chi connectivity index (χ4n) is 4.95. The summed E-state index contributed by atoms with van der Waals surface area (Å²) in [4.78, 5) is 16.9. The average Bonchev–Trinajstić information content (AvgIpc) is 2.78. The van der Waals surface area contributed by atoms with Crippen LogP contribution in [-0.2, 0) is 4.79 Å². The van der Waals surface area contributed by atoms with Gasteiger partial charge >= 0.3 is 0 Å². The van der Waals surface area contributed by atoms with Crippen molar-refractivity contribution >= 4 is 22.3 Å². The standard InChI is InChI=1S/C28H30N2O2/c1-18-22(19-7-5-9-21(15-19)32-4)11-13-28(2,3)26(18)16-25(27(29)31)24-10-6-8-20-17-30-14-12-23(20)24/h5-10,12,14-17,22H,11,13H2,1-4H3,(H2,29,31). The summed E-state index contributed by atoms with van der Waals surface area (Å²) in [5, 5.41) is 1.96. The number of hydrogen-bond acceptors (Lipinski definition) is 3. The van der Waals surface area contributed by atoms with E-state index in [0.29, 0.717) is 5.57 Å². The SMILES string of the molecule is COc1cccc(C2CCC(C)(C)C(C=C(C(N)=O)c3cccc4cnccc34)=C2C)c1. The van der Waals surface area contributed by atoms with Gasteiger partial charge in [-0.2, -0.15) is 0 Å². The van der Waals surface area contributed by atoms with Crippen LogP contribution < -0.4 is 10.5 Å². The first-order chi connectivity index (χ1) is 15.3. The number of carbonyl (C=O) groups excluding carboxylic acids is 1. The minimum absolute atomic E-state index is 0.0632. The van der Waals surface area contributed by atoms with Gasteiger partial charge in [-0.1, -0.05) is 49.8 Å². The van der Waals surface area contributed by atoms with Crippen molar-refractivity contribution in [2.45, 2.75) is 39.5 Å². The monoisotopic (exact) mass is 426 g/mol. The number of ether oxygens (including phenoxy) is 1. The molecule has 0 bridgehead atoms. The average molecular weight is 427 g/mol. The Hall–Kier alpha value is -3.40. The smallest absolute Gasteiger partial charge is 0.249 e. The third-order valence-electron chi connectivity index (χ3n) is 6.76. The second kappa shape index (κ2) is 8.62. The second-order valence-electron chi connectivity index (χ2n) is 9.17. The van der Waals surface area contributed by atoms with Gasteiger partial charge in [-0.15, -0.1) is 0 Å². The van der Waals surface area contributed by atoms with Crippen molar-refractivity contribution in [1.82, 2.24) is 4.98 Å². The summed E-state index contributed by atoms with van der Waals surface area (Å²) in [6.45, 7) is 6.67. The lowest BCUT2D eigenvalue weighted by molar-refractivity contribution is -0.112. The van der Waals surface area contributed by atoms with E-state index in [1.54, 1.807) is 13.3 Å². The van der Waals surface area contributed by atoms with Crippen molar-refractivity contribution in [1.29, 1.82) is 0 Å². The van der Waals surface area contributed by atoms with Gasteiger partial charge < -0.3 is 10.5 Å². The van der Waals surface area contributed by atoms with Crippen molar-refractivity contribution in [2.75, 3.05) is 7.11 Å². The molecule has 1 aliphatic rings. The van der Waals surface area contributed by atoms with Gasteiger partial charge in [-0.25, -0.2) is 0 Å². The Balaban J connectivity index is 1.89. The topological polar surface area (TPSA) is 65.2 Å². The number of rotatable bonds is 5. The lowest BCUT2D eigenvalue weighted by Crippen LogP contribution is -2.24. The summed E-state index contributed by atoms with van der Waals surface area (Å²) in [7, 11) is 1.69. The Morgan fingerprint density at radius 1 is 1.19 bits per heavy atom. The lowest BCUT2D eigenvalue weighted by atomic mass is 9.67. The molecule has 0 radical (unpaired) electrons. The molecule has 1 unspecified atom stereocenters. The minimum Gasteiger partial charge on any atom is -0.497 e. The van der Waals surface area contributed by atoms with E-state index in [0.717, 1.165) is 34.9 Å². The van der Waals surface area contributed by atoms with Gasteiger partial charge in [0.05, 0.1) is 7.11 Å². The molecule has 1 aliphatic carbocycles. The van der Waals surface area contributed by atoms with E-state index in [2.05, 4.69) is 37.9 Å². The maximum absolute atomic E-state index is 12.7. The molecule has 1 atom stereocenters. The minimum atomic E-state index is -0.422. The molecule has 1 heterocycles. The number of nitrogens with two attached hydrogens (primary N) is 1. The van der Waals surface area contributed by atoms with Gasteiger partial charge in [0.15, 0.2) is 0 Å². The molecular formula is C28H30N2O2. The predicted octanol–water partition coefficient (Wildman–Crippen LogP) is 6.03. The fourth-order valence-corrected chi connectivity index (χ4v) is 4.95. The van der Waals surface area contributed by atoms with Crippen molar-refractivity contribution in [3.05, 3.63) is 89.3 Å². The van der Waals surface area contributed by atoms with Crippen molar-refractivity contribution in [3.63, 3.8) is 0 Å². The highest BCUT2D eigenvalue weighted by Gasteiger charge is 2.33. The van der Waals surface area contributed by atoms with E-state index in [-0.39, 0.29) is 11.3 Å². The zero-order chi connectivity index (χ0) is 22.9. The molecule has 0 saturated carbocycles. The predicted molar refractivity (Wildman–Crippen MR) is 130 cm³/mol. The number of hydrogen-bond donors (Lipinski definition) is 1. The molecule has 2 aromatic carbocycles. The molecule has 3 aromatic rings. The van der Waals surface area contributed by atoms with Gasteiger partial charge in [0, 0.05) is 29.3 Å². The Kier molecular flexibility index (Phi) is 5.88. The van der Waals surface area contributed by atoms with Crippen LogP contribution in [0.2, 0.25) is 0 Å². The number of allylic oxidation sites excluding steroid dienone is 3. The van der Waals surface area contributed by atoms with E-state index in [1.165, 1.54) is 16.7 Å². The van der Waals surface area contributed by atoms with Gasteiger partial charge in [-0.3, -0.25) is 9.78 Å². The summed E-state index contributed by atoms with van der Waals surface area (Å²) in [5.74, 6) is 0.712. The van der Waals surface area contributed by atoms with E-state index < -0.39 is 5.91 Å². The number of aromatic nitrogens is 1. The van der Waals surface area contributed by atoms with Crippen LogP contribution in [0.1, 0.15) is 50.7 Å². The molecule has 1 amide bonds. The second-order valence-corrected chi connectivity index (χ2v) is 9.17. The van der Waals surface area contributed by atoms with Crippen LogP contribution in [-0.4, -0.2) is 18.0 Å². The van der Waals surface area contributed by atoms with Crippen LogP contribution in [0.3, 0.4) is 0 Å². The molecule has 0 aliphatic heterocycles. The zero-order valence-corrected chi connectivity index (χ0v) is 19.2. The maximum atomic E-state index is 12.7. The van der Waals surface area contributed by atoms with Crippen molar-refractivity contribution in [2.24, 2.45) is 11.1 Å². The van der Waals surface area contributed by atoms with E-state index in [4.69, 9.17) is 10.5 Å². The lowest BCUT2D eigenvalue weighted by Gasteiger charge is -2.38. The number of primary amides is 1. The molecule has 1 aromatic heterocycles. The molecule has 0 spiro atoms. The number of fused-ring (bicyclic) bond motifs is 1. The van der Waals surface area contributed by atoms with E-state index in [1.807, 2.05) is 48.7 Å². The summed E-state index contributed by atoms with van der Waals surface area (Å²) in [5.41, 5.74) is 10.9. The van der Waals surface area contributed by atoms with Crippen LogP contribution in [0.25, 0.3) is 16.3 Å². The summed E-state index contributed by atoms with van der Waals surface area (Å²) < 4.78 is 5.45. The molecular weight excluding hydrogens is 396 g/mol. The Bertz CT molecular complexity index is 1230. The normalized spacial score (nSPS) is 18.6. The van der Waals surface area contributed by atoms with Crippen LogP contribution in [0, 0.1) is 5.41 Å². The molecule has 164 valence electrons. The highest BCUT2D eigenvalue weighted by atomic mass is 16.5. The highest BCUT2D eigenvalue weighted by Crippen LogP contribution is 2.48. The number of nitrogens with zero attached hydrogens (tertiary/aromatic N) is 1. The van der Waals surface area contributed by atoms with Crippen LogP contribution >= 0.6 is 0 Å². The third kappa shape index (κ3) is 4.05. The molecule has 2 N–H and O–H groups in total.